The van der Waals surface area contributed by atoms with Crippen molar-refractivity contribution >= 4 is 5.97 Å². The minimum atomic E-state index is -0.146. The zero-order chi connectivity index (χ0) is 12.7. The Morgan fingerprint density at radius 1 is 1.29 bits per heavy atom. The van der Waals surface area contributed by atoms with Crippen LogP contribution in [0.25, 0.3) is 0 Å². The molecule has 0 aliphatic carbocycles. The molecular formula is C14H21NO2. The largest absolute Gasteiger partial charge is 0.466 e. The van der Waals surface area contributed by atoms with Crippen molar-refractivity contribution in [1.82, 2.24) is 5.32 Å². The average molecular weight is 235 g/mol. The first-order valence-corrected chi connectivity index (χ1v) is 6.10. The van der Waals surface area contributed by atoms with E-state index in [9.17, 15) is 4.79 Å². The van der Waals surface area contributed by atoms with E-state index in [-0.39, 0.29) is 18.1 Å². The van der Waals surface area contributed by atoms with Crippen LogP contribution in [0.1, 0.15) is 38.8 Å². The Kier molecular flexibility index (Phi) is 5.70. The fraction of sp³-hybridized carbons (Fsp3) is 0.500. The molecule has 0 aliphatic heterocycles. The second-order valence-electron chi connectivity index (χ2n) is 4.21. The molecule has 1 aromatic rings. The maximum Gasteiger partial charge on any atom is 0.307 e. The third-order valence-electron chi connectivity index (χ3n) is 2.61. The van der Waals surface area contributed by atoms with Crippen LogP contribution in [0.4, 0.5) is 0 Å². The summed E-state index contributed by atoms with van der Waals surface area (Å²) in [5, 5.41) is 3.38. The number of ether oxygens (including phenoxy) is 1. The molecule has 0 heterocycles. The van der Waals surface area contributed by atoms with Gasteiger partial charge in [-0.1, -0.05) is 30.3 Å². The van der Waals surface area contributed by atoms with Crippen LogP contribution in [0.3, 0.4) is 0 Å². The smallest absolute Gasteiger partial charge is 0.307 e. The SMILES string of the molecule is CCOC(=O)CC(C)NC(C)c1ccccc1. The zero-order valence-corrected chi connectivity index (χ0v) is 10.8. The molecule has 0 bridgehead atoms. The molecule has 2 unspecified atom stereocenters. The zero-order valence-electron chi connectivity index (χ0n) is 10.8. The molecular weight excluding hydrogens is 214 g/mol. The number of rotatable bonds is 6. The van der Waals surface area contributed by atoms with E-state index < -0.39 is 0 Å². The minimum absolute atomic E-state index is 0.115. The number of carbonyl (C=O) groups is 1. The van der Waals surface area contributed by atoms with Gasteiger partial charge in [-0.3, -0.25) is 4.79 Å². The molecule has 0 spiro atoms. The molecule has 0 aliphatic rings. The summed E-state index contributed by atoms with van der Waals surface area (Å²) in [5.74, 6) is -0.146. The van der Waals surface area contributed by atoms with E-state index in [2.05, 4.69) is 24.4 Å². The van der Waals surface area contributed by atoms with Crippen molar-refractivity contribution in [2.24, 2.45) is 0 Å². The predicted molar refractivity (Wildman–Crippen MR) is 68.7 cm³/mol. The Balaban J connectivity index is 2.41. The first-order chi connectivity index (χ1) is 8.13. The van der Waals surface area contributed by atoms with E-state index in [0.717, 1.165) is 0 Å². The Morgan fingerprint density at radius 2 is 1.94 bits per heavy atom. The molecule has 2 atom stereocenters. The van der Waals surface area contributed by atoms with Gasteiger partial charge < -0.3 is 10.1 Å². The number of benzene rings is 1. The average Bonchev–Trinajstić information content (AvgIpc) is 2.30. The van der Waals surface area contributed by atoms with Gasteiger partial charge in [0.1, 0.15) is 0 Å². The molecule has 0 saturated carbocycles. The fourth-order valence-corrected chi connectivity index (χ4v) is 1.79. The molecule has 0 amide bonds. The summed E-state index contributed by atoms with van der Waals surface area (Å²) in [7, 11) is 0. The fourth-order valence-electron chi connectivity index (χ4n) is 1.79. The Hall–Kier alpha value is -1.35. The highest BCUT2D eigenvalue weighted by Crippen LogP contribution is 2.12. The van der Waals surface area contributed by atoms with Gasteiger partial charge in [0, 0.05) is 12.1 Å². The molecule has 3 heteroatoms. The highest BCUT2D eigenvalue weighted by Gasteiger charge is 2.13. The van der Waals surface area contributed by atoms with Gasteiger partial charge in [0.05, 0.1) is 13.0 Å². The molecule has 0 aromatic heterocycles. The summed E-state index contributed by atoms with van der Waals surface area (Å²) in [6, 6.07) is 10.5. The van der Waals surface area contributed by atoms with Crippen molar-refractivity contribution in [3.63, 3.8) is 0 Å². The van der Waals surface area contributed by atoms with Gasteiger partial charge >= 0.3 is 5.97 Å². The van der Waals surface area contributed by atoms with Crippen LogP contribution in [-0.2, 0) is 9.53 Å². The maximum absolute atomic E-state index is 11.3. The number of carbonyl (C=O) groups excluding carboxylic acids is 1. The minimum Gasteiger partial charge on any atom is -0.466 e. The lowest BCUT2D eigenvalue weighted by atomic mass is 10.1. The van der Waals surface area contributed by atoms with Gasteiger partial charge in [-0.25, -0.2) is 0 Å². The van der Waals surface area contributed by atoms with Gasteiger partial charge in [0.2, 0.25) is 0 Å². The van der Waals surface area contributed by atoms with Crippen LogP contribution in [-0.4, -0.2) is 18.6 Å². The molecule has 17 heavy (non-hydrogen) atoms. The lowest BCUT2D eigenvalue weighted by Crippen LogP contribution is -2.31. The van der Waals surface area contributed by atoms with Crippen molar-refractivity contribution < 1.29 is 9.53 Å². The van der Waals surface area contributed by atoms with E-state index in [1.165, 1.54) is 5.56 Å². The summed E-state index contributed by atoms with van der Waals surface area (Å²) in [6.45, 7) is 6.36. The van der Waals surface area contributed by atoms with Crippen molar-refractivity contribution in [3.05, 3.63) is 35.9 Å². The van der Waals surface area contributed by atoms with Crippen LogP contribution in [0.2, 0.25) is 0 Å². The van der Waals surface area contributed by atoms with Gasteiger partial charge in [0.15, 0.2) is 0 Å². The van der Waals surface area contributed by atoms with E-state index in [1.807, 2.05) is 32.0 Å². The summed E-state index contributed by atoms with van der Waals surface area (Å²) in [6.07, 6.45) is 0.408. The summed E-state index contributed by atoms with van der Waals surface area (Å²) in [5.41, 5.74) is 1.23. The van der Waals surface area contributed by atoms with E-state index >= 15 is 0 Å². The molecule has 3 nitrogen and oxygen atoms in total. The number of nitrogens with one attached hydrogen (secondary N) is 1. The second-order valence-corrected chi connectivity index (χ2v) is 4.21. The molecule has 0 radical (unpaired) electrons. The Labute approximate surface area is 103 Å². The summed E-state index contributed by atoms with van der Waals surface area (Å²) >= 11 is 0. The van der Waals surface area contributed by atoms with Gasteiger partial charge in [-0.15, -0.1) is 0 Å². The Bertz CT molecular complexity index is 337. The molecule has 0 fully saturated rings. The lowest BCUT2D eigenvalue weighted by molar-refractivity contribution is -0.143. The molecule has 1 aromatic carbocycles. The quantitative estimate of drug-likeness (QED) is 0.770. The van der Waals surface area contributed by atoms with E-state index in [0.29, 0.717) is 13.0 Å². The number of hydrogen-bond acceptors (Lipinski definition) is 3. The van der Waals surface area contributed by atoms with Crippen LogP contribution >= 0.6 is 0 Å². The second kappa shape index (κ2) is 7.07. The first-order valence-electron chi connectivity index (χ1n) is 6.10. The number of esters is 1. The van der Waals surface area contributed by atoms with Crippen LogP contribution in [0.5, 0.6) is 0 Å². The predicted octanol–water partition coefficient (Wildman–Crippen LogP) is 2.68. The highest BCUT2D eigenvalue weighted by molar-refractivity contribution is 5.70. The summed E-state index contributed by atoms with van der Waals surface area (Å²) in [4.78, 5) is 11.3. The molecule has 1 N–H and O–H groups in total. The van der Waals surface area contributed by atoms with Gasteiger partial charge in [-0.05, 0) is 26.3 Å². The third-order valence-corrected chi connectivity index (χ3v) is 2.61. The number of hydrogen-bond donors (Lipinski definition) is 1. The third kappa shape index (κ3) is 5.00. The standard InChI is InChI=1S/C14H21NO2/c1-4-17-14(16)10-11(2)15-12(3)13-8-6-5-7-9-13/h5-9,11-12,15H,4,10H2,1-3H3. The molecule has 94 valence electrons. The highest BCUT2D eigenvalue weighted by atomic mass is 16.5. The van der Waals surface area contributed by atoms with Gasteiger partial charge in [-0.2, -0.15) is 0 Å². The maximum atomic E-state index is 11.3. The van der Waals surface area contributed by atoms with Crippen molar-refractivity contribution in [2.75, 3.05) is 6.61 Å². The Morgan fingerprint density at radius 3 is 2.53 bits per heavy atom. The molecule has 1 rings (SSSR count). The van der Waals surface area contributed by atoms with E-state index in [1.54, 1.807) is 0 Å². The lowest BCUT2D eigenvalue weighted by Gasteiger charge is -2.19. The summed E-state index contributed by atoms with van der Waals surface area (Å²) < 4.78 is 4.92. The monoisotopic (exact) mass is 235 g/mol. The first kappa shape index (κ1) is 13.7. The van der Waals surface area contributed by atoms with Crippen molar-refractivity contribution in [2.45, 2.75) is 39.3 Å². The topological polar surface area (TPSA) is 38.3 Å². The van der Waals surface area contributed by atoms with Crippen LogP contribution < -0.4 is 5.32 Å². The van der Waals surface area contributed by atoms with Crippen molar-refractivity contribution in [1.29, 1.82) is 0 Å². The normalized spacial score (nSPS) is 14.1. The van der Waals surface area contributed by atoms with Gasteiger partial charge in [0.25, 0.3) is 0 Å². The van der Waals surface area contributed by atoms with Crippen LogP contribution in [0.15, 0.2) is 30.3 Å². The molecule has 0 saturated heterocycles. The van der Waals surface area contributed by atoms with Crippen molar-refractivity contribution in [3.8, 4) is 0 Å². The van der Waals surface area contributed by atoms with Crippen LogP contribution in [0, 0.1) is 0 Å². The van der Waals surface area contributed by atoms with E-state index in [4.69, 9.17) is 4.74 Å².